The van der Waals surface area contributed by atoms with Gasteiger partial charge in [0.25, 0.3) is 0 Å². The summed E-state index contributed by atoms with van der Waals surface area (Å²) in [6.07, 6.45) is 2.42. The largest absolute Gasteiger partial charge is 0.496 e. The van der Waals surface area contributed by atoms with Crippen molar-refractivity contribution >= 4 is 29.3 Å². The summed E-state index contributed by atoms with van der Waals surface area (Å²) in [5, 5.41) is 8.05. The Balaban J connectivity index is 1.26. The third-order valence-electron chi connectivity index (χ3n) is 5.31. The normalized spacial score (nSPS) is 14.6. The van der Waals surface area contributed by atoms with Crippen LogP contribution in [0.25, 0.3) is 11.3 Å². The fourth-order valence-electron chi connectivity index (χ4n) is 3.61. The molecule has 0 aliphatic carbocycles. The van der Waals surface area contributed by atoms with Gasteiger partial charge in [-0.3, -0.25) is 9.59 Å². The van der Waals surface area contributed by atoms with E-state index in [4.69, 9.17) is 18.6 Å². The molecule has 0 bridgehead atoms. The summed E-state index contributed by atoms with van der Waals surface area (Å²) >= 11 is 0. The number of nitrogens with zero attached hydrogens (tertiary/aromatic N) is 1. The molecule has 1 saturated heterocycles. The Kier molecular flexibility index (Phi) is 8.14. The van der Waals surface area contributed by atoms with Crippen molar-refractivity contribution in [2.24, 2.45) is 0 Å². The molecule has 1 aliphatic heterocycles. The number of benzene rings is 2. The van der Waals surface area contributed by atoms with Gasteiger partial charge in [-0.2, -0.15) is 0 Å². The molecule has 2 aromatic carbocycles. The second-order valence-electron chi connectivity index (χ2n) is 8.00. The quantitative estimate of drug-likeness (QED) is 0.385. The Labute approximate surface area is 207 Å². The highest BCUT2D eigenvalue weighted by molar-refractivity contribution is 6.08. The molecule has 11 heteroatoms. The maximum absolute atomic E-state index is 12.4. The Morgan fingerprint density at radius 2 is 1.89 bits per heavy atom. The number of methoxy groups -OCH3 is 1. The number of carbonyl (C=O) groups excluding carboxylic acids is 3. The van der Waals surface area contributed by atoms with Crippen LogP contribution >= 0.6 is 0 Å². The standard InChI is InChI=1S/C25H26N4O7/c1-33-21-10-18(5-6-20(21)22-13-26-15-35-22)29-24(31)11-23(30)28-17-4-2-3-16(9-17)12-27-25(32)36-19-7-8-34-14-19/h2-6,9-10,13,15,19H,7-8,11-12,14H2,1H3,(H,27,32)(H,28,30)(H,29,31)/t19-/m0/s1. The molecule has 0 radical (unpaired) electrons. The summed E-state index contributed by atoms with van der Waals surface area (Å²) < 4.78 is 21.1. The van der Waals surface area contributed by atoms with Crippen LogP contribution in [0.2, 0.25) is 0 Å². The number of carbonyl (C=O) groups is 3. The van der Waals surface area contributed by atoms with Crippen LogP contribution in [0.5, 0.6) is 5.75 Å². The number of hydrogen-bond acceptors (Lipinski definition) is 8. The SMILES string of the molecule is COc1cc(NC(=O)CC(=O)Nc2cccc(CNC(=O)O[C@H]3CCOC3)c2)ccc1-c1cnco1. The molecule has 4 rings (SSSR count). The Hall–Kier alpha value is -4.38. The smallest absolute Gasteiger partial charge is 0.407 e. The van der Waals surface area contributed by atoms with E-state index in [1.54, 1.807) is 48.7 Å². The van der Waals surface area contributed by atoms with E-state index in [-0.39, 0.29) is 19.1 Å². The predicted molar refractivity (Wildman–Crippen MR) is 129 cm³/mol. The van der Waals surface area contributed by atoms with Crippen molar-refractivity contribution in [2.75, 3.05) is 31.0 Å². The summed E-state index contributed by atoms with van der Waals surface area (Å²) in [5.74, 6) is 0.0450. The van der Waals surface area contributed by atoms with Crippen LogP contribution in [0.15, 0.2) is 59.5 Å². The van der Waals surface area contributed by atoms with Gasteiger partial charge in [0.2, 0.25) is 11.8 Å². The summed E-state index contributed by atoms with van der Waals surface area (Å²) in [4.78, 5) is 40.6. The van der Waals surface area contributed by atoms with Gasteiger partial charge in [0.1, 0.15) is 18.3 Å². The first-order valence-corrected chi connectivity index (χ1v) is 11.3. The number of rotatable bonds is 9. The van der Waals surface area contributed by atoms with Crippen molar-refractivity contribution in [2.45, 2.75) is 25.5 Å². The maximum Gasteiger partial charge on any atom is 0.407 e. The van der Waals surface area contributed by atoms with Crippen LogP contribution in [0.3, 0.4) is 0 Å². The second kappa shape index (κ2) is 11.8. The van der Waals surface area contributed by atoms with E-state index in [0.29, 0.717) is 48.1 Å². The topological polar surface area (TPSA) is 141 Å². The fraction of sp³-hybridized carbons (Fsp3) is 0.280. The maximum atomic E-state index is 12.4. The van der Waals surface area contributed by atoms with Crippen LogP contribution in [0.4, 0.5) is 16.2 Å². The monoisotopic (exact) mass is 494 g/mol. The number of alkyl carbamates (subject to hydrolysis) is 1. The lowest BCUT2D eigenvalue weighted by atomic mass is 10.1. The molecule has 188 valence electrons. The summed E-state index contributed by atoms with van der Waals surface area (Å²) in [6.45, 7) is 1.22. The molecule has 1 atom stereocenters. The number of anilines is 2. The van der Waals surface area contributed by atoms with Crippen LogP contribution in [-0.4, -0.2) is 49.3 Å². The van der Waals surface area contributed by atoms with Crippen LogP contribution in [0.1, 0.15) is 18.4 Å². The number of oxazole rings is 1. The summed E-state index contributed by atoms with van der Waals surface area (Å²) in [5.41, 5.74) is 2.41. The van der Waals surface area contributed by atoms with Gasteiger partial charge in [-0.05, 0) is 29.8 Å². The zero-order valence-electron chi connectivity index (χ0n) is 19.6. The first-order chi connectivity index (χ1) is 17.5. The van der Waals surface area contributed by atoms with Crippen LogP contribution < -0.4 is 20.7 Å². The molecule has 3 aromatic rings. The molecule has 3 amide bonds. The van der Waals surface area contributed by atoms with Gasteiger partial charge < -0.3 is 34.6 Å². The van der Waals surface area contributed by atoms with Gasteiger partial charge in [0.15, 0.2) is 12.2 Å². The summed E-state index contributed by atoms with van der Waals surface area (Å²) in [6, 6.07) is 12.0. The molecule has 0 unspecified atom stereocenters. The van der Waals surface area contributed by atoms with Crippen molar-refractivity contribution in [1.29, 1.82) is 0 Å². The lowest BCUT2D eigenvalue weighted by Crippen LogP contribution is -2.28. The number of amides is 3. The molecule has 11 nitrogen and oxygen atoms in total. The highest BCUT2D eigenvalue weighted by Crippen LogP contribution is 2.32. The Morgan fingerprint density at radius 3 is 2.58 bits per heavy atom. The molecule has 1 fully saturated rings. The van der Waals surface area contributed by atoms with Gasteiger partial charge in [0, 0.05) is 30.4 Å². The van der Waals surface area contributed by atoms with Gasteiger partial charge >= 0.3 is 6.09 Å². The molecule has 3 N–H and O–H groups in total. The lowest BCUT2D eigenvalue weighted by molar-refractivity contribution is -0.123. The van der Waals surface area contributed by atoms with Gasteiger partial charge in [-0.15, -0.1) is 0 Å². The first kappa shape index (κ1) is 24.7. The van der Waals surface area contributed by atoms with E-state index in [1.165, 1.54) is 13.5 Å². The molecular formula is C25H26N4O7. The minimum absolute atomic E-state index is 0.225. The molecule has 0 saturated carbocycles. The third kappa shape index (κ3) is 6.83. The fourth-order valence-corrected chi connectivity index (χ4v) is 3.61. The molecular weight excluding hydrogens is 468 g/mol. The van der Waals surface area contributed by atoms with Crippen molar-refractivity contribution in [3.63, 3.8) is 0 Å². The first-order valence-electron chi connectivity index (χ1n) is 11.3. The van der Waals surface area contributed by atoms with E-state index in [0.717, 1.165) is 5.56 Å². The number of ether oxygens (including phenoxy) is 3. The number of aromatic nitrogens is 1. The zero-order chi connectivity index (χ0) is 25.3. The van der Waals surface area contributed by atoms with E-state index >= 15 is 0 Å². The number of nitrogens with one attached hydrogen (secondary N) is 3. The average Bonchev–Trinajstić information content (AvgIpc) is 3.57. The number of hydrogen-bond donors (Lipinski definition) is 3. The van der Waals surface area contributed by atoms with E-state index in [2.05, 4.69) is 20.9 Å². The molecule has 36 heavy (non-hydrogen) atoms. The minimum Gasteiger partial charge on any atom is -0.496 e. The van der Waals surface area contributed by atoms with E-state index in [1.807, 2.05) is 0 Å². The van der Waals surface area contributed by atoms with Crippen LogP contribution in [0, 0.1) is 0 Å². The molecule has 2 heterocycles. The highest BCUT2D eigenvalue weighted by atomic mass is 16.6. The van der Waals surface area contributed by atoms with E-state index < -0.39 is 17.9 Å². The van der Waals surface area contributed by atoms with Crippen molar-refractivity contribution in [3.8, 4) is 17.1 Å². The predicted octanol–water partition coefficient (Wildman–Crippen LogP) is 3.33. The third-order valence-corrected chi connectivity index (χ3v) is 5.31. The average molecular weight is 495 g/mol. The summed E-state index contributed by atoms with van der Waals surface area (Å²) in [7, 11) is 1.51. The Bertz CT molecular complexity index is 1210. The molecule has 1 aliphatic rings. The zero-order valence-corrected chi connectivity index (χ0v) is 19.6. The van der Waals surface area contributed by atoms with Gasteiger partial charge in [-0.1, -0.05) is 12.1 Å². The van der Waals surface area contributed by atoms with Gasteiger partial charge in [0.05, 0.1) is 32.1 Å². The second-order valence-corrected chi connectivity index (χ2v) is 8.00. The van der Waals surface area contributed by atoms with Crippen molar-refractivity contribution in [3.05, 3.63) is 60.6 Å². The van der Waals surface area contributed by atoms with E-state index in [9.17, 15) is 14.4 Å². The van der Waals surface area contributed by atoms with Crippen molar-refractivity contribution in [1.82, 2.24) is 10.3 Å². The van der Waals surface area contributed by atoms with Crippen molar-refractivity contribution < 1.29 is 33.0 Å². The molecule has 0 spiro atoms. The molecule has 1 aromatic heterocycles. The van der Waals surface area contributed by atoms with Gasteiger partial charge in [-0.25, -0.2) is 9.78 Å². The minimum atomic E-state index is -0.526. The van der Waals surface area contributed by atoms with Crippen LogP contribution in [-0.2, 0) is 25.6 Å². The Morgan fingerprint density at radius 1 is 1.08 bits per heavy atom. The highest BCUT2D eigenvalue weighted by Gasteiger charge is 2.19. The lowest BCUT2D eigenvalue weighted by Gasteiger charge is -2.12.